The number of carbonyl (C=O) groups excluding carboxylic acids is 1. The van der Waals surface area contributed by atoms with Crippen molar-refractivity contribution in [3.05, 3.63) is 59.6 Å². The smallest absolute Gasteiger partial charge is 0.255 e. The lowest BCUT2D eigenvalue weighted by molar-refractivity contribution is 0.102. The molecular formula is C24H29N3O2. The zero-order valence-corrected chi connectivity index (χ0v) is 17.3. The highest BCUT2D eigenvalue weighted by molar-refractivity contribution is 6.05. The lowest BCUT2D eigenvalue weighted by atomic mass is 9.90. The predicted octanol–water partition coefficient (Wildman–Crippen LogP) is 5.06. The van der Waals surface area contributed by atoms with Gasteiger partial charge in [-0.05, 0) is 69.1 Å². The quantitative estimate of drug-likeness (QED) is 0.612. The molecule has 1 N–H and O–H groups in total. The van der Waals surface area contributed by atoms with Gasteiger partial charge in [0.25, 0.3) is 5.91 Å². The first-order chi connectivity index (χ1) is 14.2. The number of aromatic nitrogens is 1. The second-order valence-electron chi connectivity index (χ2n) is 7.84. The fourth-order valence-electron chi connectivity index (χ4n) is 4.41. The molecule has 0 fully saturated rings. The topological polar surface area (TPSA) is 58.4 Å². The van der Waals surface area contributed by atoms with Crippen LogP contribution >= 0.6 is 0 Å². The van der Waals surface area contributed by atoms with Gasteiger partial charge in [0.1, 0.15) is 11.3 Å². The fourth-order valence-corrected chi connectivity index (χ4v) is 4.41. The van der Waals surface area contributed by atoms with Crippen LogP contribution in [0.15, 0.2) is 47.1 Å². The van der Waals surface area contributed by atoms with Gasteiger partial charge in [0.2, 0.25) is 0 Å². The number of benzene rings is 1. The molecule has 0 saturated carbocycles. The summed E-state index contributed by atoms with van der Waals surface area (Å²) in [6.07, 6.45) is 8.77. The lowest BCUT2D eigenvalue weighted by Gasteiger charge is -2.33. The maximum absolute atomic E-state index is 12.5. The average Bonchev–Trinajstić information content (AvgIpc) is 3.11. The standard InChI is InChI=1S/C24H29N3O2/c1-3-13-27(14-4-2)19-6-8-23-21(16-19)20-15-18(5-7-22(20)29-23)26-24(28)17-9-11-25-12-10-17/h5,7,9-12,15,19H,3-4,6,8,13-14,16H2,1-2H3,(H,26,28). The maximum Gasteiger partial charge on any atom is 0.255 e. The van der Waals surface area contributed by atoms with Gasteiger partial charge in [0.05, 0.1) is 0 Å². The number of anilines is 1. The van der Waals surface area contributed by atoms with Gasteiger partial charge in [0.15, 0.2) is 0 Å². The maximum atomic E-state index is 12.5. The van der Waals surface area contributed by atoms with E-state index in [4.69, 9.17) is 4.42 Å². The van der Waals surface area contributed by atoms with E-state index >= 15 is 0 Å². The number of amides is 1. The predicted molar refractivity (Wildman–Crippen MR) is 116 cm³/mol. The highest BCUT2D eigenvalue weighted by Gasteiger charge is 2.27. The van der Waals surface area contributed by atoms with Crippen LogP contribution in [0.2, 0.25) is 0 Å². The summed E-state index contributed by atoms with van der Waals surface area (Å²) in [4.78, 5) is 19.1. The van der Waals surface area contributed by atoms with Crippen LogP contribution in [0.3, 0.4) is 0 Å². The summed E-state index contributed by atoms with van der Waals surface area (Å²) in [5.74, 6) is 0.987. The Hall–Kier alpha value is -2.66. The van der Waals surface area contributed by atoms with E-state index in [2.05, 4.69) is 35.1 Å². The number of pyridine rings is 1. The number of hydrogen-bond donors (Lipinski definition) is 1. The van der Waals surface area contributed by atoms with E-state index in [0.29, 0.717) is 11.6 Å². The molecule has 1 aromatic carbocycles. The van der Waals surface area contributed by atoms with Gasteiger partial charge in [-0.25, -0.2) is 0 Å². The van der Waals surface area contributed by atoms with Crippen molar-refractivity contribution in [2.24, 2.45) is 0 Å². The molecule has 0 radical (unpaired) electrons. The van der Waals surface area contributed by atoms with E-state index in [1.807, 2.05) is 12.1 Å². The summed E-state index contributed by atoms with van der Waals surface area (Å²) >= 11 is 0. The van der Waals surface area contributed by atoms with Gasteiger partial charge < -0.3 is 14.6 Å². The van der Waals surface area contributed by atoms with E-state index in [9.17, 15) is 4.79 Å². The van der Waals surface area contributed by atoms with Crippen LogP contribution in [0.25, 0.3) is 11.0 Å². The van der Waals surface area contributed by atoms with E-state index in [1.54, 1.807) is 24.5 Å². The lowest BCUT2D eigenvalue weighted by Crippen LogP contribution is -2.40. The molecule has 2 aromatic heterocycles. The van der Waals surface area contributed by atoms with Crippen LogP contribution in [0.5, 0.6) is 0 Å². The Balaban J connectivity index is 1.58. The van der Waals surface area contributed by atoms with Gasteiger partial charge in [-0.15, -0.1) is 0 Å². The van der Waals surface area contributed by atoms with Gasteiger partial charge in [-0.2, -0.15) is 0 Å². The highest BCUT2D eigenvalue weighted by Crippen LogP contribution is 2.35. The third-order valence-electron chi connectivity index (χ3n) is 5.76. The van der Waals surface area contributed by atoms with Gasteiger partial charge in [0, 0.05) is 47.1 Å². The number of aryl methyl sites for hydroxylation is 1. The zero-order valence-electron chi connectivity index (χ0n) is 17.3. The number of fused-ring (bicyclic) bond motifs is 3. The molecule has 2 heterocycles. The molecule has 0 aliphatic heterocycles. The van der Waals surface area contributed by atoms with Crippen LogP contribution in [0.4, 0.5) is 5.69 Å². The summed E-state index contributed by atoms with van der Waals surface area (Å²) in [6, 6.07) is 9.94. The van der Waals surface area contributed by atoms with Crippen molar-refractivity contribution in [1.29, 1.82) is 0 Å². The third-order valence-corrected chi connectivity index (χ3v) is 5.76. The van der Waals surface area contributed by atoms with Crippen molar-refractivity contribution in [3.63, 3.8) is 0 Å². The Morgan fingerprint density at radius 1 is 1.17 bits per heavy atom. The van der Waals surface area contributed by atoms with Crippen LogP contribution in [0.1, 0.15) is 54.8 Å². The largest absolute Gasteiger partial charge is 0.461 e. The molecular weight excluding hydrogens is 362 g/mol. The van der Waals surface area contributed by atoms with Crippen molar-refractivity contribution in [3.8, 4) is 0 Å². The van der Waals surface area contributed by atoms with Crippen molar-refractivity contribution in [2.45, 2.75) is 52.0 Å². The highest BCUT2D eigenvalue weighted by atomic mass is 16.3. The van der Waals surface area contributed by atoms with Crippen LogP contribution in [-0.4, -0.2) is 34.9 Å². The number of carbonyl (C=O) groups is 1. The number of nitrogens with zero attached hydrogens (tertiary/aromatic N) is 2. The minimum absolute atomic E-state index is 0.126. The fraction of sp³-hybridized carbons (Fsp3) is 0.417. The van der Waals surface area contributed by atoms with Crippen molar-refractivity contribution in [1.82, 2.24) is 9.88 Å². The molecule has 152 valence electrons. The Bertz CT molecular complexity index is 974. The molecule has 5 nitrogen and oxygen atoms in total. The van der Waals surface area contributed by atoms with Crippen molar-refractivity contribution < 1.29 is 9.21 Å². The second-order valence-corrected chi connectivity index (χ2v) is 7.84. The Kier molecular flexibility index (Phi) is 5.95. The first kappa shape index (κ1) is 19.6. The van der Waals surface area contributed by atoms with Crippen LogP contribution in [-0.2, 0) is 12.8 Å². The molecule has 1 atom stereocenters. The number of hydrogen-bond acceptors (Lipinski definition) is 4. The molecule has 1 amide bonds. The SMILES string of the molecule is CCCN(CCC)C1CCc2oc3ccc(NC(=O)c4ccncc4)cc3c2C1. The van der Waals surface area contributed by atoms with Crippen molar-refractivity contribution in [2.75, 3.05) is 18.4 Å². The Morgan fingerprint density at radius 3 is 2.66 bits per heavy atom. The number of rotatable bonds is 7. The van der Waals surface area contributed by atoms with Crippen LogP contribution in [0, 0.1) is 0 Å². The molecule has 5 heteroatoms. The first-order valence-corrected chi connectivity index (χ1v) is 10.7. The molecule has 29 heavy (non-hydrogen) atoms. The van der Waals surface area contributed by atoms with E-state index < -0.39 is 0 Å². The summed E-state index contributed by atoms with van der Waals surface area (Å²) in [5, 5.41) is 4.13. The van der Waals surface area contributed by atoms with Gasteiger partial charge in [-0.3, -0.25) is 9.78 Å². The third kappa shape index (κ3) is 4.20. The summed E-state index contributed by atoms with van der Waals surface area (Å²) in [6.45, 7) is 6.80. The molecule has 4 rings (SSSR count). The molecule has 1 aliphatic carbocycles. The molecule has 3 aromatic rings. The average molecular weight is 392 g/mol. The minimum Gasteiger partial charge on any atom is -0.461 e. The molecule has 0 saturated heterocycles. The summed E-state index contributed by atoms with van der Waals surface area (Å²) in [5.41, 5.74) is 3.62. The first-order valence-electron chi connectivity index (χ1n) is 10.7. The van der Waals surface area contributed by atoms with E-state index in [0.717, 1.165) is 54.8 Å². The van der Waals surface area contributed by atoms with Crippen molar-refractivity contribution >= 4 is 22.6 Å². The normalized spacial score (nSPS) is 16.2. The van der Waals surface area contributed by atoms with Gasteiger partial charge >= 0.3 is 0 Å². The minimum atomic E-state index is -0.126. The second kappa shape index (κ2) is 8.78. The summed E-state index contributed by atoms with van der Waals surface area (Å²) < 4.78 is 6.14. The molecule has 1 aliphatic rings. The number of nitrogens with one attached hydrogen (secondary N) is 1. The monoisotopic (exact) mass is 391 g/mol. The summed E-state index contributed by atoms with van der Waals surface area (Å²) in [7, 11) is 0. The molecule has 0 spiro atoms. The van der Waals surface area contributed by atoms with Crippen LogP contribution < -0.4 is 5.32 Å². The van der Waals surface area contributed by atoms with Gasteiger partial charge in [-0.1, -0.05) is 13.8 Å². The Labute approximate surface area is 172 Å². The van der Waals surface area contributed by atoms with E-state index in [-0.39, 0.29) is 5.91 Å². The zero-order chi connectivity index (χ0) is 20.2. The molecule has 1 unspecified atom stereocenters. The Morgan fingerprint density at radius 2 is 1.93 bits per heavy atom. The molecule has 0 bridgehead atoms. The van der Waals surface area contributed by atoms with E-state index in [1.165, 1.54) is 18.4 Å². The number of furan rings is 1.